The van der Waals surface area contributed by atoms with E-state index < -0.39 is 17.8 Å². The van der Waals surface area contributed by atoms with E-state index in [1.54, 1.807) is 24.3 Å². The molecule has 0 unspecified atom stereocenters. The van der Waals surface area contributed by atoms with Crippen LogP contribution in [-0.4, -0.2) is 14.7 Å². The number of aliphatic hydroxyl groups excluding tert-OH is 1. The van der Waals surface area contributed by atoms with Gasteiger partial charge in [-0.1, -0.05) is 24.3 Å². The van der Waals surface area contributed by atoms with Gasteiger partial charge in [0.05, 0.1) is 35.4 Å². The van der Waals surface area contributed by atoms with Crippen LogP contribution < -0.4 is 5.56 Å². The molecule has 0 aliphatic rings. The third kappa shape index (κ3) is 3.16. The number of fused-ring (bicyclic) bond motifs is 1. The fraction of sp³-hybridized carbons (Fsp3) is 0.176. The van der Waals surface area contributed by atoms with Crippen LogP contribution >= 0.6 is 0 Å². The van der Waals surface area contributed by atoms with Crippen LogP contribution in [0.25, 0.3) is 10.9 Å². The SMILES string of the molecule is O=c1c2ccccc2ncn1C[C@@H](O)c1cccc(C(F)(F)F)c1. The van der Waals surface area contributed by atoms with Gasteiger partial charge in [-0.15, -0.1) is 0 Å². The van der Waals surface area contributed by atoms with Crippen molar-refractivity contribution in [1.29, 1.82) is 0 Å². The van der Waals surface area contributed by atoms with Crippen LogP contribution in [0.5, 0.6) is 0 Å². The summed E-state index contributed by atoms with van der Waals surface area (Å²) in [4.78, 5) is 16.5. The van der Waals surface area contributed by atoms with Gasteiger partial charge in [0.25, 0.3) is 5.56 Å². The Morgan fingerprint density at radius 1 is 1.12 bits per heavy atom. The first kappa shape index (κ1) is 16.2. The second-order valence-corrected chi connectivity index (χ2v) is 5.36. The second-order valence-electron chi connectivity index (χ2n) is 5.36. The number of para-hydroxylation sites is 1. The summed E-state index contributed by atoms with van der Waals surface area (Å²) in [5, 5.41) is 10.6. The van der Waals surface area contributed by atoms with Gasteiger partial charge < -0.3 is 5.11 Å². The van der Waals surface area contributed by atoms with E-state index in [9.17, 15) is 23.1 Å². The van der Waals surface area contributed by atoms with Crippen LogP contribution in [0.15, 0.2) is 59.7 Å². The predicted molar refractivity (Wildman–Crippen MR) is 82.4 cm³/mol. The van der Waals surface area contributed by atoms with Gasteiger partial charge in [0.1, 0.15) is 0 Å². The highest BCUT2D eigenvalue weighted by Gasteiger charge is 2.30. The predicted octanol–water partition coefficient (Wildman–Crippen LogP) is 3.15. The Labute approximate surface area is 134 Å². The quantitative estimate of drug-likeness (QED) is 0.800. The zero-order chi connectivity index (χ0) is 17.3. The molecular formula is C17H13F3N2O2. The smallest absolute Gasteiger partial charge is 0.387 e. The molecule has 4 nitrogen and oxygen atoms in total. The van der Waals surface area contributed by atoms with E-state index in [2.05, 4.69) is 4.98 Å². The van der Waals surface area contributed by atoms with Crippen molar-refractivity contribution in [3.8, 4) is 0 Å². The molecule has 2 aromatic carbocycles. The highest BCUT2D eigenvalue weighted by Crippen LogP contribution is 2.30. The maximum atomic E-state index is 12.7. The number of aliphatic hydroxyl groups is 1. The lowest BCUT2D eigenvalue weighted by Crippen LogP contribution is -2.23. The topological polar surface area (TPSA) is 55.1 Å². The van der Waals surface area contributed by atoms with Crippen molar-refractivity contribution in [2.75, 3.05) is 0 Å². The molecule has 7 heteroatoms. The van der Waals surface area contributed by atoms with E-state index in [1.165, 1.54) is 23.0 Å². The molecule has 0 fully saturated rings. The van der Waals surface area contributed by atoms with Crippen molar-refractivity contribution in [2.24, 2.45) is 0 Å². The van der Waals surface area contributed by atoms with Crippen LogP contribution in [0.1, 0.15) is 17.2 Å². The summed E-state index contributed by atoms with van der Waals surface area (Å²) < 4.78 is 39.4. The maximum absolute atomic E-state index is 12.7. The van der Waals surface area contributed by atoms with Crippen molar-refractivity contribution in [3.63, 3.8) is 0 Å². The molecule has 24 heavy (non-hydrogen) atoms. The lowest BCUT2D eigenvalue weighted by atomic mass is 10.1. The molecule has 0 saturated heterocycles. The van der Waals surface area contributed by atoms with Crippen LogP contribution in [0, 0.1) is 0 Å². The highest BCUT2D eigenvalue weighted by molar-refractivity contribution is 5.76. The number of rotatable bonds is 3. The number of alkyl halides is 3. The summed E-state index contributed by atoms with van der Waals surface area (Å²) in [7, 11) is 0. The Bertz CT molecular complexity index is 935. The molecular weight excluding hydrogens is 321 g/mol. The first-order valence-corrected chi connectivity index (χ1v) is 7.15. The van der Waals surface area contributed by atoms with E-state index in [4.69, 9.17) is 0 Å². The molecule has 0 aliphatic heterocycles. The molecule has 3 rings (SSSR count). The standard InChI is InChI=1S/C17H13F3N2O2/c18-17(19,20)12-5-3-4-11(8-12)15(23)9-22-10-21-14-7-2-1-6-13(14)16(22)24/h1-8,10,15,23H,9H2/t15-/m1/s1. The number of nitrogens with zero attached hydrogens (tertiary/aromatic N) is 2. The molecule has 1 heterocycles. The summed E-state index contributed by atoms with van der Waals surface area (Å²) in [6, 6.07) is 11.2. The Balaban J connectivity index is 1.92. The van der Waals surface area contributed by atoms with Crippen LogP contribution in [0.4, 0.5) is 13.2 Å². The van der Waals surface area contributed by atoms with Gasteiger partial charge in [-0.05, 0) is 29.8 Å². The van der Waals surface area contributed by atoms with Crippen LogP contribution in [-0.2, 0) is 12.7 Å². The Hall–Kier alpha value is -2.67. The number of aromatic nitrogens is 2. The average Bonchev–Trinajstić information content (AvgIpc) is 2.57. The minimum atomic E-state index is -4.49. The number of hydrogen-bond acceptors (Lipinski definition) is 3. The lowest BCUT2D eigenvalue weighted by Gasteiger charge is -2.15. The molecule has 1 aromatic heterocycles. The normalized spacial score (nSPS) is 13.2. The third-order valence-corrected chi connectivity index (χ3v) is 3.70. The molecule has 1 N–H and O–H groups in total. The minimum Gasteiger partial charge on any atom is -0.387 e. The third-order valence-electron chi connectivity index (χ3n) is 3.70. The summed E-state index contributed by atoms with van der Waals surface area (Å²) in [5.74, 6) is 0. The first-order chi connectivity index (χ1) is 11.4. The largest absolute Gasteiger partial charge is 0.416 e. The van der Waals surface area contributed by atoms with Gasteiger partial charge in [-0.2, -0.15) is 13.2 Å². The van der Waals surface area contributed by atoms with Crippen molar-refractivity contribution in [2.45, 2.75) is 18.8 Å². The Morgan fingerprint density at radius 2 is 1.88 bits per heavy atom. The number of halogens is 3. The molecule has 0 bridgehead atoms. The molecule has 0 radical (unpaired) electrons. The zero-order valence-electron chi connectivity index (χ0n) is 12.4. The first-order valence-electron chi connectivity index (χ1n) is 7.15. The van der Waals surface area contributed by atoms with Crippen molar-refractivity contribution >= 4 is 10.9 Å². The summed E-state index contributed by atoms with van der Waals surface area (Å²) in [6.07, 6.45) is -4.47. The summed E-state index contributed by atoms with van der Waals surface area (Å²) in [5.41, 5.74) is -0.591. The lowest BCUT2D eigenvalue weighted by molar-refractivity contribution is -0.137. The molecule has 0 spiro atoms. The summed E-state index contributed by atoms with van der Waals surface area (Å²) in [6.45, 7) is -0.183. The van der Waals surface area contributed by atoms with Crippen LogP contribution in [0.2, 0.25) is 0 Å². The van der Waals surface area contributed by atoms with E-state index in [1.807, 2.05) is 0 Å². The van der Waals surface area contributed by atoms with Gasteiger partial charge >= 0.3 is 6.18 Å². The number of hydrogen-bond donors (Lipinski definition) is 1. The molecule has 3 aromatic rings. The molecule has 1 atom stereocenters. The van der Waals surface area contributed by atoms with E-state index in [0.717, 1.165) is 12.1 Å². The van der Waals surface area contributed by atoms with Gasteiger partial charge in [-0.3, -0.25) is 9.36 Å². The Morgan fingerprint density at radius 3 is 2.62 bits per heavy atom. The average molecular weight is 334 g/mol. The Kier molecular flexibility index (Phi) is 4.11. The second kappa shape index (κ2) is 6.09. The molecule has 0 amide bonds. The van der Waals surface area contributed by atoms with Gasteiger partial charge in [0.15, 0.2) is 0 Å². The van der Waals surface area contributed by atoms with Crippen molar-refractivity contribution in [1.82, 2.24) is 9.55 Å². The highest BCUT2D eigenvalue weighted by atomic mass is 19.4. The fourth-order valence-electron chi connectivity index (χ4n) is 2.45. The molecule has 0 aliphatic carbocycles. The van der Waals surface area contributed by atoms with Crippen molar-refractivity contribution < 1.29 is 18.3 Å². The summed E-state index contributed by atoms with van der Waals surface area (Å²) >= 11 is 0. The number of benzene rings is 2. The van der Waals surface area contributed by atoms with Gasteiger partial charge in [0, 0.05) is 0 Å². The monoisotopic (exact) mass is 334 g/mol. The molecule has 124 valence electrons. The molecule has 0 saturated carbocycles. The zero-order valence-corrected chi connectivity index (χ0v) is 12.4. The maximum Gasteiger partial charge on any atom is 0.416 e. The van der Waals surface area contributed by atoms with Gasteiger partial charge in [0.2, 0.25) is 0 Å². The van der Waals surface area contributed by atoms with E-state index >= 15 is 0 Å². The van der Waals surface area contributed by atoms with E-state index in [-0.39, 0.29) is 17.7 Å². The van der Waals surface area contributed by atoms with E-state index in [0.29, 0.717) is 10.9 Å². The van der Waals surface area contributed by atoms with Crippen molar-refractivity contribution in [3.05, 3.63) is 76.3 Å². The fourth-order valence-corrected chi connectivity index (χ4v) is 2.45. The van der Waals surface area contributed by atoms with Crippen LogP contribution in [0.3, 0.4) is 0 Å². The van der Waals surface area contributed by atoms with Gasteiger partial charge in [-0.25, -0.2) is 4.98 Å². The minimum absolute atomic E-state index is 0.0879.